The summed E-state index contributed by atoms with van der Waals surface area (Å²) < 4.78 is 18.1. The zero-order valence-electron chi connectivity index (χ0n) is 19.7. The number of fused-ring (bicyclic) bond motifs is 1. The quantitative estimate of drug-likeness (QED) is 0.310. The molecule has 1 saturated heterocycles. The molecule has 2 amide bonds. The second-order valence-corrected chi connectivity index (χ2v) is 9.27. The third kappa shape index (κ3) is 4.50. The number of ether oxygens (including phenoxy) is 2. The molecule has 0 bridgehead atoms. The van der Waals surface area contributed by atoms with Crippen molar-refractivity contribution in [2.75, 3.05) is 36.2 Å². The number of carbonyl (C=O) groups is 2. The third-order valence-electron chi connectivity index (χ3n) is 5.94. The van der Waals surface area contributed by atoms with Gasteiger partial charge >= 0.3 is 0 Å². The molecule has 3 aromatic heterocycles. The SMILES string of the molecule is COc1cc(-n2ccc(N3CCOC(C(C)(O)C(=O)Nc4ccc5c(N)noc5c4)C3=O)n2)c(Br)cn1. The minimum atomic E-state index is -2.20. The lowest BCUT2D eigenvalue weighted by Crippen LogP contribution is -2.61. The predicted molar refractivity (Wildman–Crippen MR) is 135 cm³/mol. The van der Waals surface area contributed by atoms with E-state index >= 15 is 0 Å². The monoisotopic (exact) mass is 571 g/mol. The smallest absolute Gasteiger partial charge is 0.260 e. The summed E-state index contributed by atoms with van der Waals surface area (Å²) in [4.78, 5) is 31.9. The number of morpholine rings is 1. The average molecular weight is 572 g/mol. The molecule has 2 atom stereocenters. The van der Waals surface area contributed by atoms with Crippen molar-refractivity contribution in [3.63, 3.8) is 0 Å². The Morgan fingerprint density at radius 3 is 2.95 bits per heavy atom. The van der Waals surface area contributed by atoms with E-state index in [0.29, 0.717) is 38.5 Å². The largest absolute Gasteiger partial charge is 0.481 e. The van der Waals surface area contributed by atoms with Crippen LogP contribution in [0.2, 0.25) is 0 Å². The van der Waals surface area contributed by atoms with Gasteiger partial charge in [0, 0.05) is 36.3 Å². The van der Waals surface area contributed by atoms with Crippen LogP contribution in [0.15, 0.2) is 51.7 Å². The van der Waals surface area contributed by atoms with Crippen molar-refractivity contribution >= 4 is 56.0 Å². The van der Waals surface area contributed by atoms with Crippen LogP contribution in [0.3, 0.4) is 0 Å². The first-order valence-electron chi connectivity index (χ1n) is 11.1. The fourth-order valence-corrected chi connectivity index (χ4v) is 4.31. The number of hydrogen-bond donors (Lipinski definition) is 3. The maximum Gasteiger partial charge on any atom is 0.260 e. The van der Waals surface area contributed by atoms with Gasteiger partial charge in [-0.2, -0.15) is 0 Å². The molecule has 0 saturated carbocycles. The first-order chi connectivity index (χ1) is 17.7. The highest BCUT2D eigenvalue weighted by atomic mass is 79.9. The third-order valence-corrected chi connectivity index (χ3v) is 6.55. The number of halogens is 1. The molecule has 5 rings (SSSR count). The Kier molecular flexibility index (Phi) is 6.31. The summed E-state index contributed by atoms with van der Waals surface area (Å²) in [6, 6.07) is 8.06. The Bertz CT molecular complexity index is 1500. The Labute approximate surface area is 218 Å². The molecule has 0 aliphatic carbocycles. The van der Waals surface area contributed by atoms with E-state index in [9.17, 15) is 14.7 Å². The van der Waals surface area contributed by atoms with Crippen molar-refractivity contribution in [3.8, 4) is 11.6 Å². The molecule has 2 unspecified atom stereocenters. The van der Waals surface area contributed by atoms with E-state index in [1.165, 1.54) is 25.0 Å². The highest BCUT2D eigenvalue weighted by Gasteiger charge is 2.49. The maximum atomic E-state index is 13.4. The molecular weight excluding hydrogens is 550 g/mol. The van der Waals surface area contributed by atoms with E-state index in [1.807, 2.05) is 0 Å². The van der Waals surface area contributed by atoms with E-state index in [0.717, 1.165) is 0 Å². The van der Waals surface area contributed by atoms with Crippen molar-refractivity contribution in [1.29, 1.82) is 0 Å². The summed E-state index contributed by atoms with van der Waals surface area (Å²) in [5.74, 6) is -0.505. The van der Waals surface area contributed by atoms with Crippen LogP contribution in [0, 0.1) is 0 Å². The van der Waals surface area contributed by atoms with Crippen molar-refractivity contribution in [2.45, 2.75) is 18.6 Å². The molecule has 0 radical (unpaired) electrons. The van der Waals surface area contributed by atoms with Gasteiger partial charge in [-0.15, -0.1) is 5.10 Å². The van der Waals surface area contributed by atoms with Gasteiger partial charge in [0.15, 0.2) is 28.9 Å². The lowest BCUT2D eigenvalue weighted by atomic mass is 9.95. The van der Waals surface area contributed by atoms with Gasteiger partial charge in [0.2, 0.25) is 5.88 Å². The van der Waals surface area contributed by atoms with Crippen LogP contribution in [-0.2, 0) is 14.3 Å². The number of benzene rings is 1. The van der Waals surface area contributed by atoms with Crippen molar-refractivity contribution in [2.24, 2.45) is 0 Å². The molecule has 4 aromatic rings. The molecule has 4 heterocycles. The fourth-order valence-electron chi connectivity index (χ4n) is 3.92. The Morgan fingerprint density at radius 2 is 2.16 bits per heavy atom. The molecule has 13 nitrogen and oxygen atoms in total. The molecule has 1 aliphatic heterocycles. The minimum Gasteiger partial charge on any atom is -0.481 e. The number of rotatable bonds is 6. The summed E-state index contributed by atoms with van der Waals surface area (Å²) in [5, 5.41) is 22.4. The number of carbonyl (C=O) groups excluding carboxylic acids is 2. The topological polar surface area (TPSA) is 171 Å². The van der Waals surface area contributed by atoms with Gasteiger partial charge in [-0.25, -0.2) is 9.67 Å². The number of hydrogen-bond acceptors (Lipinski definition) is 10. The van der Waals surface area contributed by atoms with Gasteiger partial charge in [0.1, 0.15) is 0 Å². The van der Waals surface area contributed by atoms with Gasteiger partial charge in [-0.1, -0.05) is 5.16 Å². The summed E-state index contributed by atoms with van der Waals surface area (Å²) >= 11 is 3.43. The normalized spacial score (nSPS) is 17.6. The number of aliphatic hydroxyl groups is 1. The second-order valence-electron chi connectivity index (χ2n) is 8.42. The molecule has 37 heavy (non-hydrogen) atoms. The van der Waals surface area contributed by atoms with Crippen LogP contribution in [0.1, 0.15) is 6.92 Å². The molecular formula is C23H22BrN7O6. The number of anilines is 3. The number of nitrogens with zero attached hydrogens (tertiary/aromatic N) is 5. The number of nitrogen functional groups attached to an aromatic ring is 1. The molecule has 1 aliphatic rings. The zero-order valence-corrected chi connectivity index (χ0v) is 21.3. The Hall–Kier alpha value is -4.01. The first-order valence-corrected chi connectivity index (χ1v) is 11.9. The van der Waals surface area contributed by atoms with Crippen molar-refractivity contribution in [1.82, 2.24) is 19.9 Å². The zero-order chi connectivity index (χ0) is 26.3. The van der Waals surface area contributed by atoms with Gasteiger partial charge in [0.25, 0.3) is 11.8 Å². The number of nitrogens with two attached hydrogens (primary N) is 1. The molecule has 1 fully saturated rings. The summed E-state index contributed by atoms with van der Waals surface area (Å²) in [7, 11) is 1.51. The standard InChI is InChI=1S/C23H22BrN7O6/c1-23(34,22(33)27-12-3-4-13-16(9-12)37-29-20(13)25)19-21(32)30(7-8-36-19)17-5-6-31(28-17)15-10-18(35-2)26-11-14(15)24/h3-6,9-11,19,34H,7-8H2,1-2H3,(H2,25,29)(H,27,33). The van der Waals surface area contributed by atoms with E-state index in [1.54, 1.807) is 41.3 Å². The molecule has 1 aromatic carbocycles. The van der Waals surface area contributed by atoms with E-state index in [2.05, 4.69) is 36.5 Å². The number of pyridine rings is 1. The Balaban J connectivity index is 1.35. The van der Waals surface area contributed by atoms with E-state index < -0.39 is 23.5 Å². The van der Waals surface area contributed by atoms with Crippen LogP contribution in [0.5, 0.6) is 5.88 Å². The molecule has 4 N–H and O–H groups in total. The van der Waals surface area contributed by atoms with Gasteiger partial charge < -0.3 is 30.2 Å². The van der Waals surface area contributed by atoms with Crippen LogP contribution in [-0.4, -0.2) is 68.8 Å². The van der Waals surface area contributed by atoms with Crippen LogP contribution < -0.4 is 20.7 Å². The van der Waals surface area contributed by atoms with Crippen LogP contribution in [0.25, 0.3) is 16.7 Å². The summed E-state index contributed by atoms with van der Waals surface area (Å²) in [5.41, 5.74) is 4.85. The highest BCUT2D eigenvalue weighted by Crippen LogP contribution is 2.29. The first kappa shape index (κ1) is 24.7. The second kappa shape index (κ2) is 9.46. The average Bonchev–Trinajstić information content (AvgIpc) is 3.51. The van der Waals surface area contributed by atoms with Crippen molar-refractivity contribution < 1.29 is 28.7 Å². The van der Waals surface area contributed by atoms with Gasteiger partial charge in [-0.05, 0) is 35.0 Å². The lowest BCUT2D eigenvalue weighted by Gasteiger charge is -2.37. The fraction of sp³-hybridized carbons (Fsp3) is 0.261. The number of aromatic nitrogens is 4. The molecule has 192 valence electrons. The molecule has 0 spiro atoms. The summed E-state index contributed by atoms with van der Waals surface area (Å²) in [6.07, 6.45) is 1.78. The lowest BCUT2D eigenvalue weighted by molar-refractivity contribution is -0.165. The van der Waals surface area contributed by atoms with E-state index in [-0.39, 0.29) is 19.0 Å². The number of methoxy groups -OCH3 is 1. The molecule has 14 heteroatoms. The maximum absolute atomic E-state index is 13.4. The number of amides is 2. The van der Waals surface area contributed by atoms with E-state index in [4.69, 9.17) is 19.7 Å². The van der Waals surface area contributed by atoms with Crippen molar-refractivity contribution in [3.05, 3.63) is 47.2 Å². The van der Waals surface area contributed by atoms with Gasteiger partial charge in [-0.3, -0.25) is 14.5 Å². The van der Waals surface area contributed by atoms with Crippen LogP contribution >= 0.6 is 15.9 Å². The highest BCUT2D eigenvalue weighted by molar-refractivity contribution is 9.10. The summed E-state index contributed by atoms with van der Waals surface area (Å²) in [6.45, 7) is 1.50. The minimum absolute atomic E-state index is 0.0861. The van der Waals surface area contributed by atoms with Gasteiger partial charge in [0.05, 0.1) is 35.8 Å². The number of nitrogens with one attached hydrogen (secondary N) is 1. The predicted octanol–water partition coefficient (Wildman–Crippen LogP) is 1.88. The van der Waals surface area contributed by atoms with Crippen LogP contribution in [0.4, 0.5) is 17.3 Å². The Morgan fingerprint density at radius 1 is 1.35 bits per heavy atom.